The van der Waals surface area contributed by atoms with E-state index in [0.717, 1.165) is 0 Å². The molecule has 0 aliphatic rings. The van der Waals surface area contributed by atoms with Crippen molar-refractivity contribution in [3.05, 3.63) is 47.4 Å². The van der Waals surface area contributed by atoms with Gasteiger partial charge in [0.25, 0.3) is 0 Å². The second kappa shape index (κ2) is 4.15. The zero-order chi connectivity index (χ0) is 11.6. The van der Waals surface area contributed by atoms with E-state index in [9.17, 15) is 8.42 Å². The maximum Gasteiger partial charge on any atom is 0.221 e. The average Bonchev–Trinajstić information content (AvgIpc) is 2.30. The van der Waals surface area contributed by atoms with Crippen molar-refractivity contribution in [1.82, 2.24) is 9.97 Å². The lowest BCUT2D eigenvalue weighted by Crippen LogP contribution is -2.04. The van der Waals surface area contributed by atoms with E-state index in [1.54, 1.807) is 18.2 Å². The third-order valence-corrected chi connectivity index (χ3v) is 3.91. The van der Waals surface area contributed by atoms with E-state index in [2.05, 4.69) is 9.97 Å². The fourth-order valence-electron chi connectivity index (χ4n) is 1.24. The molecule has 2 aromatic rings. The molecule has 0 radical (unpaired) electrons. The van der Waals surface area contributed by atoms with Crippen LogP contribution in [0.1, 0.15) is 0 Å². The van der Waals surface area contributed by atoms with Gasteiger partial charge in [-0.2, -0.15) is 0 Å². The van der Waals surface area contributed by atoms with Gasteiger partial charge < -0.3 is 4.98 Å². The summed E-state index contributed by atoms with van der Waals surface area (Å²) in [5.74, 6) is 0. The van der Waals surface area contributed by atoms with Crippen LogP contribution in [0.2, 0.25) is 0 Å². The summed E-state index contributed by atoms with van der Waals surface area (Å²) < 4.78 is 24.3. The average molecular weight is 252 g/mol. The highest BCUT2D eigenvalue weighted by Crippen LogP contribution is 2.17. The summed E-state index contributed by atoms with van der Waals surface area (Å²) in [5.41, 5.74) is 0. The van der Waals surface area contributed by atoms with Crippen LogP contribution in [-0.2, 0) is 9.84 Å². The fraction of sp³-hybridized carbons (Fsp3) is 0. The van der Waals surface area contributed by atoms with Gasteiger partial charge in [0.05, 0.1) is 4.90 Å². The van der Waals surface area contributed by atoms with Crippen LogP contribution in [0.15, 0.2) is 52.5 Å². The van der Waals surface area contributed by atoms with Crippen LogP contribution in [-0.4, -0.2) is 18.4 Å². The van der Waals surface area contributed by atoms with Gasteiger partial charge in [0.15, 0.2) is 4.77 Å². The fourth-order valence-corrected chi connectivity index (χ4v) is 2.71. The van der Waals surface area contributed by atoms with E-state index >= 15 is 0 Å². The van der Waals surface area contributed by atoms with Gasteiger partial charge >= 0.3 is 0 Å². The predicted octanol–water partition coefficient (Wildman–Crippen LogP) is 1.97. The lowest BCUT2D eigenvalue weighted by atomic mass is 10.4. The lowest BCUT2D eigenvalue weighted by Gasteiger charge is -2.03. The Bertz CT molecular complexity index is 648. The van der Waals surface area contributed by atoms with E-state index in [4.69, 9.17) is 12.2 Å². The van der Waals surface area contributed by atoms with Gasteiger partial charge in [0, 0.05) is 6.20 Å². The van der Waals surface area contributed by atoms with Gasteiger partial charge in [-0.15, -0.1) is 0 Å². The smallest absolute Gasteiger partial charge is 0.221 e. The Kier molecular flexibility index (Phi) is 2.84. The van der Waals surface area contributed by atoms with Crippen LogP contribution in [0.5, 0.6) is 0 Å². The Balaban J connectivity index is 2.61. The Morgan fingerprint density at radius 3 is 2.44 bits per heavy atom. The Morgan fingerprint density at radius 2 is 1.81 bits per heavy atom. The molecule has 0 bridgehead atoms. The highest BCUT2D eigenvalue weighted by atomic mass is 32.2. The number of aromatic nitrogens is 2. The zero-order valence-electron chi connectivity index (χ0n) is 8.12. The molecule has 0 saturated carbocycles. The second-order valence-electron chi connectivity index (χ2n) is 3.06. The molecule has 1 aromatic carbocycles. The molecule has 1 heterocycles. The maximum atomic E-state index is 12.1. The van der Waals surface area contributed by atoms with Crippen LogP contribution in [0.3, 0.4) is 0 Å². The van der Waals surface area contributed by atoms with Crippen molar-refractivity contribution in [2.45, 2.75) is 9.92 Å². The number of rotatable bonds is 2. The summed E-state index contributed by atoms with van der Waals surface area (Å²) in [7, 11) is -3.52. The number of nitrogens with zero attached hydrogens (tertiary/aromatic N) is 1. The third-order valence-electron chi connectivity index (χ3n) is 1.99. The first-order chi connectivity index (χ1) is 7.60. The van der Waals surface area contributed by atoms with E-state index in [1.165, 1.54) is 24.4 Å². The summed E-state index contributed by atoms with van der Waals surface area (Å²) in [6.45, 7) is 0. The van der Waals surface area contributed by atoms with Gasteiger partial charge in [0.2, 0.25) is 9.84 Å². The highest BCUT2D eigenvalue weighted by molar-refractivity contribution is 7.91. The molecule has 0 amide bonds. The highest BCUT2D eigenvalue weighted by Gasteiger charge is 2.17. The van der Waals surface area contributed by atoms with Crippen molar-refractivity contribution in [2.24, 2.45) is 0 Å². The number of hydrogen-bond donors (Lipinski definition) is 1. The molecule has 1 aromatic heterocycles. The first kappa shape index (κ1) is 11.0. The van der Waals surface area contributed by atoms with Crippen molar-refractivity contribution < 1.29 is 8.42 Å². The molecular formula is C10H8N2O2S2. The van der Waals surface area contributed by atoms with Gasteiger partial charge in [0.1, 0.15) is 5.03 Å². The topological polar surface area (TPSA) is 62.8 Å². The SMILES string of the molecule is O=S(=O)(c1ccccc1)c1ccnc(=S)[nH]1. The molecule has 82 valence electrons. The second-order valence-corrected chi connectivity index (χ2v) is 5.36. The number of benzene rings is 1. The molecule has 16 heavy (non-hydrogen) atoms. The molecular weight excluding hydrogens is 244 g/mol. The summed E-state index contributed by atoms with van der Waals surface area (Å²) in [6.07, 6.45) is 1.37. The van der Waals surface area contributed by atoms with Crippen LogP contribution >= 0.6 is 12.2 Å². The normalized spacial score (nSPS) is 11.2. The molecule has 0 fully saturated rings. The Morgan fingerprint density at radius 1 is 1.12 bits per heavy atom. The minimum atomic E-state index is -3.52. The van der Waals surface area contributed by atoms with E-state index in [-0.39, 0.29) is 14.7 Å². The molecule has 1 N–H and O–H groups in total. The molecule has 0 unspecified atom stereocenters. The molecule has 2 rings (SSSR count). The van der Waals surface area contributed by atoms with E-state index in [0.29, 0.717) is 0 Å². The number of aromatic amines is 1. The number of hydrogen-bond acceptors (Lipinski definition) is 4. The van der Waals surface area contributed by atoms with Crippen LogP contribution in [0.4, 0.5) is 0 Å². The van der Waals surface area contributed by atoms with Crippen molar-refractivity contribution in [2.75, 3.05) is 0 Å². The van der Waals surface area contributed by atoms with E-state index in [1.807, 2.05) is 0 Å². The number of nitrogens with one attached hydrogen (secondary N) is 1. The quantitative estimate of drug-likeness (QED) is 0.655. The molecule has 0 aliphatic heterocycles. The van der Waals surface area contributed by atoms with Gasteiger partial charge in [-0.25, -0.2) is 13.4 Å². The van der Waals surface area contributed by atoms with Crippen molar-refractivity contribution in [3.8, 4) is 0 Å². The minimum absolute atomic E-state index is 0.0544. The molecule has 0 saturated heterocycles. The first-order valence-corrected chi connectivity index (χ1v) is 6.35. The predicted molar refractivity (Wildman–Crippen MR) is 61.3 cm³/mol. The van der Waals surface area contributed by atoms with Crippen LogP contribution < -0.4 is 0 Å². The van der Waals surface area contributed by atoms with Crippen molar-refractivity contribution >= 4 is 22.1 Å². The van der Waals surface area contributed by atoms with Crippen molar-refractivity contribution in [1.29, 1.82) is 0 Å². The standard InChI is InChI=1S/C10H8N2O2S2/c13-16(14,8-4-2-1-3-5-8)9-6-7-11-10(15)12-9/h1-7H,(H,11,12,15). The zero-order valence-corrected chi connectivity index (χ0v) is 9.75. The van der Waals surface area contributed by atoms with E-state index < -0.39 is 9.84 Å². The number of H-pyrrole nitrogens is 1. The molecule has 4 nitrogen and oxygen atoms in total. The molecule has 0 atom stereocenters. The van der Waals surface area contributed by atoms with Crippen molar-refractivity contribution in [3.63, 3.8) is 0 Å². The molecule has 0 aliphatic carbocycles. The third kappa shape index (κ3) is 2.02. The largest absolute Gasteiger partial charge is 0.321 e. The van der Waals surface area contributed by atoms with Gasteiger partial charge in [-0.1, -0.05) is 18.2 Å². The van der Waals surface area contributed by atoms with Crippen LogP contribution in [0.25, 0.3) is 0 Å². The summed E-state index contributed by atoms with van der Waals surface area (Å²) >= 11 is 4.79. The minimum Gasteiger partial charge on any atom is -0.321 e. The monoisotopic (exact) mass is 252 g/mol. The Hall–Kier alpha value is -1.53. The summed E-state index contributed by atoms with van der Waals surface area (Å²) in [5, 5.41) is 0.0544. The van der Waals surface area contributed by atoms with Crippen LogP contribution in [0, 0.1) is 4.77 Å². The summed E-state index contributed by atoms with van der Waals surface area (Å²) in [6, 6.07) is 9.55. The first-order valence-electron chi connectivity index (χ1n) is 4.46. The maximum absolute atomic E-state index is 12.1. The van der Waals surface area contributed by atoms with Gasteiger partial charge in [-0.3, -0.25) is 0 Å². The molecule has 0 spiro atoms. The summed E-state index contributed by atoms with van der Waals surface area (Å²) in [4.78, 5) is 6.53. The Labute approximate surface area is 97.9 Å². The van der Waals surface area contributed by atoms with Gasteiger partial charge in [-0.05, 0) is 30.4 Å². The lowest BCUT2D eigenvalue weighted by molar-refractivity contribution is 0.591. The number of sulfone groups is 1. The molecule has 6 heteroatoms.